The van der Waals surface area contributed by atoms with Crippen LogP contribution in [0.15, 0.2) is 42.5 Å². The van der Waals surface area contributed by atoms with Crippen LogP contribution in [0.5, 0.6) is 0 Å². The van der Waals surface area contributed by atoms with E-state index in [2.05, 4.69) is 0 Å². The van der Waals surface area contributed by atoms with Crippen LogP contribution in [0.25, 0.3) is 0 Å². The molecule has 2 aromatic rings. The highest BCUT2D eigenvalue weighted by Gasteiger charge is 2.34. The van der Waals surface area contributed by atoms with Gasteiger partial charge in [0.15, 0.2) is 5.78 Å². The molecule has 0 aliphatic rings. The zero-order chi connectivity index (χ0) is 17.9. The fourth-order valence-electron chi connectivity index (χ4n) is 3.30. The van der Waals surface area contributed by atoms with Gasteiger partial charge in [-0.3, -0.25) is 9.59 Å². The predicted octanol–water partition coefficient (Wildman–Crippen LogP) is 4.55. The Hall–Kier alpha value is -1.99. The van der Waals surface area contributed by atoms with Crippen LogP contribution in [0.2, 0.25) is 0 Å². The molecule has 2 aromatic carbocycles. The first-order valence-corrected chi connectivity index (χ1v) is 8.41. The second kappa shape index (κ2) is 7.72. The number of Topliss-reactive ketones (excluding diaryl/α,β-unsaturated/α-hetero) is 1. The third-order valence-electron chi connectivity index (χ3n) is 4.35. The molecule has 0 radical (unpaired) electrons. The molecule has 0 fully saturated rings. The van der Waals surface area contributed by atoms with E-state index in [0.29, 0.717) is 5.56 Å². The Kier molecular flexibility index (Phi) is 5.90. The molecular weight excluding hydrogens is 319 g/mol. The van der Waals surface area contributed by atoms with Crippen LogP contribution in [0.3, 0.4) is 0 Å². The highest BCUT2D eigenvalue weighted by Crippen LogP contribution is 2.32. The molecular formula is C20H23O3P. The van der Waals surface area contributed by atoms with Crippen molar-refractivity contribution in [2.45, 2.75) is 33.6 Å². The summed E-state index contributed by atoms with van der Waals surface area (Å²) in [4.78, 5) is 25.4. The maximum atomic E-state index is 13.3. The van der Waals surface area contributed by atoms with Crippen LogP contribution < -0.4 is 0 Å². The number of ketones is 1. The second-order valence-electron chi connectivity index (χ2n) is 6.25. The monoisotopic (exact) mass is 342 g/mol. The van der Waals surface area contributed by atoms with Crippen molar-refractivity contribution in [1.29, 1.82) is 0 Å². The molecule has 3 atom stereocenters. The highest BCUT2D eigenvalue weighted by atomic mass is 31.0. The summed E-state index contributed by atoms with van der Waals surface area (Å²) >= 11 is 0. The summed E-state index contributed by atoms with van der Waals surface area (Å²) in [6.07, 6.45) is 0. The second-order valence-corrected chi connectivity index (χ2v) is 6.49. The molecule has 0 aliphatic heterocycles. The lowest BCUT2D eigenvalue weighted by molar-refractivity contribution is -0.137. The number of hydrogen-bond donors (Lipinski definition) is 0. The van der Waals surface area contributed by atoms with E-state index in [1.165, 1.54) is 0 Å². The van der Waals surface area contributed by atoms with Crippen LogP contribution in [0, 0.1) is 26.7 Å². The summed E-state index contributed by atoms with van der Waals surface area (Å²) in [7, 11) is 1.97. The Bertz CT molecular complexity index is 730. The number of rotatable bonds is 5. The van der Waals surface area contributed by atoms with Gasteiger partial charge in [-0.1, -0.05) is 55.0 Å². The standard InChI is InChI=1S/C20H23O3P/c1-12-10-13(2)17(14(3)11-12)19(21)18(15(4)20(22)23-24)16-8-6-5-7-9-16/h5-11,15,18H,24H2,1-4H3. The Morgan fingerprint density at radius 3 is 2.04 bits per heavy atom. The van der Waals surface area contributed by atoms with Crippen LogP contribution >= 0.6 is 9.47 Å². The van der Waals surface area contributed by atoms with Crippen LogP contribution in [0.1, 0.15) is 45.5 Å². The van der Waals surface area contributed by atoms with Gasteiger partial charge in [-0.15, -0.1) is 0 Å². The molecule has 126 valence electrons. The van der Waals surface area contributed by atoms with Crippen molar-refractivity contribution in [3.63, 3.8) is 0 Å². The summed E-state index contributed by atoms with van der Waals surface area (Å²) in [6, 6.07) is 13.4. The molecule has 0 aliphatic carbocycles. The largest absolute Gasteiger partial charge is 0.451 e. The Morgan fingerprint density at radius 2 is 1.54 bits per heavy atom. The van der Waals surface area contributed by atoms with E-state index in [-0.39, 0.29) is 5.78 Å². The Balaban J connectivity index is 2.56. The lowest BCUT2D eigenvalue weighted by Gasteiger charge is -2.23. The van der Waals surface area contributed by atoms with Gasteiger partial charge in [0.25, 0.3) is 0 Å². The van der Waals surface area contributed by atoms with E-state index in [1.807, 2.05) is 72.7 Å². The van der Waals surface area contributed by atoms with Gasteiger partial charge in [0.2, 0.25) is 0 Å². The highest BCUT2D eigenvalue weighted by molar-refractivity contribution is 7.10. The first-order valence-electron chi connectivity index (χ1n) is 7.94. The maximum absolute atomic E-state index is 13.3. The Morgan fingerprint density at radius 1 is 1.00 bits per heavy atom. The quantitative estimate of drug-likeness (QED) is 0.591. The molecule has 0 N–H and O–H groups in total. The molecule has 3 unspecified atom stereocenters. The van der Waals surface area contributed by atoms with Gasteiger partial charge in [-0.2, -0.15) is 0 Å². The third kappa shape index (κ3) is 3.73. The van der Waals surface area contributed by atoms with E-state index in [0.717, 1.165) is 22.3 Å². The van der Waals surface area contributed by atoms with Gasteiger partial charge in [0.1, 0.15) is 0 Å². The lowest BCUT2D eigenvalue weighted by Crippen LogP contribution is -2.27. The van der Waals surface area contributed by atoms with Crippen molar-refractivity contribution in [2.24, 2.45) is 5.92 Å². The van der Waals surface area contributed by atoms with Gasteiger partial charge in [0.05, 0.1) is 21.3 Å². The molecule has 0 bridgehead atoms. The smallest absolute Gasteiger partial charge is 0.311 e. The topological polar surface area (TPSA) is 43.4 Å². The summed E-state index contributed by atoms with van der Waals surface area (Å²) in [5, 5.41) is 0. The number of hydrogen-bond acceptors (Lipinski definition) is 3. The minimum Gasteiger partial charge on any atom is -0.451 e. The summed E-state index contributed by atoms with van der Waals surface area (Å²) in [5.74, 6) is -1.60. The maximum Gasteiger partial charge on any atom is 0.311 e. The van der Waals surface area contributed by atoms with Crippen LogP contribution in [-0.4, -0.2) is 11.8 Å². The first kappa shape index (κ1) is 18.4. The fourth-order valence-corrected chi connectivity index (χ4v) is 3.51. The predicted molar refractivity (Wildman–Crippen MR) is 99.1 cm³/mol. The fraction of sp³-hybridized carbons (Fsp3) is 0.300. The third-order valence-corrected chi connectivity index (χ3v) is 4.58. The number of carbonyl (C=O) groups excluding carboxylic acids is 2. The van der Waals surface area contributed by atoms with Gasteiger partial charge < -0.3 is 4.52 Å². The minimum atomic E-state index is -0.572. The average molecular weight is 342 g/mol. The van der Waals surface area contributed by atoms with Gasteiger partial charge in [-0.25, -0.2) is 0 Å². The van der Waals surface area contributed by atoms with E-state index < -0.39 is 17.8 Å². The molecule has 24 heavy (non-hydrogen) atoms. The van der Waals surface area contributed by atoms with Crippen molar-refractivity contribution in [2.75, 3.05) is 0 Å². The summed E-state index contributed by atoms with van der Waals surface area (Å²) < 4.78 is 4.81. The first-order chi connectivity index (χ1) is 11.4. The van der Waals surface area contributed by atoms with Crippen molar-refractivity contribution >= 4 is 21.2 Å². The SMILES string of the molecule is Cc1cc(C)c(C(=O)C(c2ccccc2)C(C)C(=O)OP)c(C)c1. The number of benzene rings is 2. The summed E-state index contributed by atoms with van der Waals surface area (Å²) in [5.41, 5.74) is 4.51. The average Bonchev–Trinajstić information content (AvgIpc) is 2.54. The molecule has 4 heteroatoms. The molecule has 2 rings (SSSR count). The van der Waals surface area contributed by atoms with Crippen molar-refractivity contribution in [3.05, 3.63) is 70.3 Å². The minimum absolute atomic E-state index is 0.0425. The van der Waals surface area contributed by atoms with Crippen molar-refractivity contribution in [3.8, 4) is 0 Å². The molecule has 0 aromatic heterocycles. The van der Waals surface area contributed by atoms with Crippen molar-refractivity contribution in [1.82, 2.24) is 0 Å². The molecule has 0 amide bonds. The van der Waals surface area contributed by atoms with Crippen LogP contribution in [-0.2, 0) is 9.32 Å². The zero-order valence-electron chi connectivity index (χ0n) is 14.5. The van der Waals surface area contributed by atoms with Gasteiger partial charge >= 0.3 is 5.97 Å². The summed E-state index contributed by atoms with van der Waals surface area (Å²) in [6.45, 7) is 7.62. The Labute approximate surface area is 145 Å². The van der Waals surface area contributed by atoms with E-state index in [9.17, 15) is 9.59 Å². The van der Waals surface area contributed by atoms with Crippen molar-refractivity contribution < 1.29 is 14.1 Å². The zero-order valence-corrected chi connectivity index (χ0v) is 15.7. The van der Waals surface area contributed by atoms with E-state index in [1.54, 1.807) is 6.92 Å². The van der Waals surface area contributed by atoms with E-state index in [4.69, 9.17) is 4.52 Å². The normalized spacial score (nSPS) is 13.2. The molecule has 0 saturated heterocycles. The number of aryl methyl sites for hydroxylation is 3. The molecule has 3 nitrogen and oxygen atoms in total. The molecule has 0 spiro atoms. The van der Waals surface area contributed by atoms with Gasteiger partial charge in [0, 0.05) is 5.56 Å². The van der Waals surface area contributed by atoms with E-state index >= 15 is 0 Å². The lowest BCUT2D eigenvalue weighted by atomic mass is 9.79. The number of carbonyl (C=O) groups is 2. The van der Waals surface area contributed by atoms with Crippen LogP contribution in [0.4, 0.5) is 0 Å². The van der Waals surface area contributed by atoms with Gasteiger partial charge in [-0.05, 0) is 37.5 Å². The molecule has 0 saturated carbocycles. The molecule has 0 heterocycles.